The zero-order chi connectivity index (χ0) is 19.8. The van der Waals surface area contributed by atoms with Crippen molar-refractivity contribution < 1.29 is 14.3 Å². The molecule has 1 aliphatic rings. The number of amides is 1. The molecular weight excluding hydrogens is 380 g/mol. The number of hydrogen-bond donors (Lipinski definition) is 1. The second kappa shape index (κ2) is 7.20. The van der Waals surface area contributed by atoms with Crippen molar-refractivity contribution in [2.75, 3.05) is 20.8 Å². The number of halogens is 1. The van der Waals surface area contributed by atoms with Gasteiger partial charge in [-0.25, -0.2) is 0 Å². The monoisotopic (exact) mass is 398 g/mol. The van der Waals surface area contributed by atoms with Crippen LogP contribution in [0.2, 0.25) is 5.02 Å². The molecule has 1 aliphatic heterocycles. The predicted molar refractivity (Wildman–Crippen MR) is 108 cm³/mol. The van der Waals surface area contributed by atoms with E-state index in [1.165, 1.54) is 6.20 Å². The smallest absolute Gasteiger partial charge is 0.259 e. The van der Waals surface area contributed by atoms with Crippen LogP contribution in [0.3, 0.4) is 0 Å². The fraction of sp³-hybridized carbons (Fsp3) is 0.238. The number of aromatic nitrogens is 1. The van der Waals surface area contributed by atoms with Crippen molar-refractivity contribution >= 4 is 28.4 Å². The van der Waals surface area contributed by atoms with Gasteiger partial charge in [0.2, 0.25) is 5.43 Å². The molecule has 1 amide bonds. The molecule has 0 saturated carbocycles. The van der Waals surface area contributed by atoms with Crippen molar-refractivity contribution in [1.29, 1.82) is 0 Å². The van der Waals surface area contributed by atoms with Crippen molar-refractivity contribution in [2.24, 2.45) is 0 Å². The van der Waals surface area contributed by atoms with Gasteiger partial charge in [-0.05, 0) is 47.9 Å². The molecule has 2 heterocycles. The van der Waals surface area contributed by atoms with Gasteiger partial charge in [0.05, 0.1) is 19.7 Å². The van der Waals surface area contributed by atoms with Crippen LogP contribution >= 0.6 is 11.6 Å². The number of rotatable bonds is 3. The number of carbonyl (C=O) groups excluding carboxylic acids is 1. The SMILES string of the molecule is COc1cc2c(cc1OC)CN(C(=O)c1c[nH]c3cc(Cl)ccc3c1=O)CC2. The molecule has 0 unspecified atom stereocenters. The number of pyridine rings is 1. The highest BCUT2D eigenvalue weighted by atomic mass is 35.5. The molecule has 0 bridgehead atoms. The molecule has 1 aromatic heterocycles. The number of nitrogens with one attached hydrogen (secondary N) is 1. The van der Waals surface area contributed by atoms with Gasteiger partial charge < -0.3 is 19.4 Å². The fourth-order valence-corrected chi connectivity index (χ4v) is 3.75. The van der Waals surface area contributed by atoms with Crippen LogP contribution in [0.15, 0.2) is 41.3 Å². The third-order valence-corrected chi connectivity index (χ3v) is 5.31. The van der Waals surface area contributed by atoms with Crippen molar-refractivity contribution in [2.45, 2.75) is 13.0 Å². The molecule has 1 N–H and O–H groups in total. The van der Waals surface area contributed by atoms with E-state index in [2.05, 4.69) is 4.98 Å². The molecule has 28 heavy (non-hydrogen) atoms. The van der Waals surface area contributed by atoms with Gasteiger partial charge >= 0.3 is 0 Å². The van der Waals surface area contributed by atoms with E-state index in [-0.39, 0.29) is 16.9 Å². The zero-order valence-corrected chi connectivity index (χ0v) is 16.3. The topological polar surface area (TPSA) is 71.6 Å². The summed E-state index contributed by atoms with van der Waals surface area (Å²) in [7, 11) is 3.18. The van der Waals surface area contributed by atoms with E-state index in [0.29, 0.717) is 46.9 Å². The molecule has 0 spiro atoms. The molecule has 0 atom stereocenters. The van der Waals surface area contributed by atoms with Gasteiger partial charge in [-0.15, -0.1) is 0 Å². The number of H-pyrrole nitrogens is 1. The number of nitrogens with zero attached hydrogens (tertiary/aromatic N) is 1. The van der Waals surface area contributed by atoms with Crippen molar-refractivity contribution in [3.63, 3.8) is 0 Å². The molecule has 144 valence electrons. The van der Waals surface area contributed by atoms with E-state index < -0.39 is 0 Å². The maximum absolute atomic E-state index is 13.0. The molecule has 0 fully saturated rings. The highest BCUT2D eigenvalue weighted by Crippen LogP contribution is 2.33. The number of hydrogen-bond acceptors (Lipinski definition) is 4. The minimum Gasteiger partial charge on any atom is -0.493 e. The van der Waals surface area contributed by atoms with E-state index in [1.54, 1.807) is 37.3 Å². The minimum atomic E-state index is -0.298. The van der Waals surface area contributed by atoms with Crippen LogP contribution < -0.4 is 14.9 Å². The lowest BCUT2D eigenvalue weighted by Crippen LogP contribution is -2.38. The normalized spacial score (nSPS) is 13.3. The molecule has 4 rings (SSSR count). The summed E-state index contributed by atoms with van der Waals surface area (Å²) in [6.07, 6.45) is 2.15. The molecule has 0 radical (unpaired) electrons. The maximum Gasteiger partial charge on any atom is 0.259 e. The van der Waals surface area contributed by atoms with E-state index in [1.807, 2.05) is 12.1 Å². The molecular formula is C21H19ClN2O4. The third-order valence-electron chi connectivity index (χ3n) is 5.08. The van der Waals surface area contributed by atoms with Crippen LogP contribution in [0, 0.1) is 0 Å². The Labute approximate surface area is 166 Å². The van der Waals surface area contributed by atoms with Gasteiger partial charge in [0.15, 0.2) is 11.5 Å². The van der Waals surface area contributed by atoms with Crippen LogP contribution in [0.1, 0.15) is 21.5 Å². The number of benzene rings is 2. The molecule has 7 heteroatoms. The Bertz CT molecular complexity index is 1140. The zero-order valence-electron chi connectivity index (χ0n) is 15.5. The Morgan fingerprint density at radius 2 is 1.82 bits per heavy atom. The van der Waals surface area contributed by atoms with E-state index in [0.717, 1.165) is 11.1 Å². The second-order valence-electron chi connectivity index (χ2n) is 6.67. The first-order valence-corrected chi connectivity index (χ1v) is 9.23. The summed E-state index contributed by atoms with van der Waals surface area (Å²) < 4.78 is 10.7. The first kappa shape index (κ1) is 18.4. The van der Waals surface area contributed by atoms with Gasteiger partial charge in [-0.3, -0.25) is 9.59 Å². The lowest BCUT2D eigenvalue weighted by molar-refractivity contribution is 0.0733. The average Bonchev–Trinajstić information content (AvgIpc) is 2.71. The highest BCUT2D eigenvalue weighted by molar-refractivity contribution is 6.31. The standard InChI is InChI=1S/C21H19ClN2O4/c1-27-18-7-12-5-6-24(11-13(12)8-19(18)28-2)21(26)16-10-23-17-9-14(22)3-4-15(17)20(16)25/h3-4,7-10H,5-6,11H2,1-2H3,(H,23,25). The first-order valence-electron chi connectivity index (χ1n) is 8.86. The Hall–Kier alpha value is -2.99. The number of aromatic amines is 1. The Morgan fingerprint density at radius 1 is 1.11 bits per heavy atom. The van der Waals surface area contributed by atoms with Crippen LogP contribution in [-0.4, -0.2) is 36.6 Å². The van der Waals surface area contributed by atoms with Crippen LogP contribution in [0.25, 0.3) is 10.9 Å². The van der Waals surface area contributed by atoms with Crippen LogP contribution in [-0.2, 0) is 13.0 Å². The van der Waals surface area contributed by atoms with Crippen molar-refractivity contribution in [3.8, 4) is 11.5 Å². The lowest BCUT2D eigenvalue weighted by Gasteiger charge is -2.29. The quantitative estimate of drug-likeness (QED) is 0.734. The average molecular weight is 399 g/mol. The van der Waals surface area contributed by atoms with Gasteiger partial charge in [0, 0.05) is 29.7 Å². The molecule has 3 aromatic rings. The van der Waals surface area contributed by atoms with Crippen molar-refractivity contribution in [3.05, 3.63) is 68.5 Å². The first-order chi connectivity index (χ1) is 13.5. The highest BCUT2D eigenvalue weighted by Gasteiger charge is 2.25. The summed E-state index contributed by atoms with van der Waals surface area (Å²) in [5.41, 5.74) is 2.53. The number of ether oxygens (including phenoxy) is 2. The summed E-state index contributed by atoms with van der Waals surface area (Å²) in [4.78, 5) is 30.5. The molecule has 0 saturated heterocycles. The number of carbonyl (C=O) groups is 1. The van der Waals surface area contributed by atoms with E-state index in [4.69, 9.17) is 21.1 Å². The Morgan fingerprint density at radius 3 is 2.54 bits per heavy atom. The number of methoxy groups -OCH3 is 2. The van der Waals surface area contributed by atoms with E-state index >= 15 is 0 Å². The minimum absolute atomic E-state index is 0.124. The molecule has 2 aromatic carbocycles. The summed E-state index contributed by atoms with van der Waals surface area (Å²) in [6, 6.07) is 8.78. The van der Waals surface area contributed by atoms with E-state index in [9.17, 15) is 9.59 Å². The summed E-state index contributed by atoms with van der Waals surface area (Å²) in [5, 5.41) is 0.971. The predicted octanol–water partition coefficient (Wildman–Crippen LogP) is 3.40. The molecule has 6 nitrogen and oxygen atoms in total. The van der Waals surface area contributed by atoms with Crippen LogP contribution in [0.5, 0.6) is 11.5 Å². The van der Waals surface area contributed by atoms with Crippen LogP contribution in [0.4, 0.5) is 0 Å². The van der Waals surface area contributed by atoms with Gasteiger partial charge in [0.1, 0.15) is 5.56 Å². The lowest BCUT2D eigenvalue weighted by atomic mass is 9.98. The Balaban J connectivity index is 1.67. The number of fused-ring (bicyclic) bond motifs is 2. The Kier molecular flexibility index (Phi) is 4.73. The molecule has 0 aliphatic carbocycles. The summed E-state index contributed by atoms with van der Waals surface area (Å²) in [5.74, 6) is 1.00. The van der Waals surface area contributed by atoms with Gasteiger partial charge in [0.25, 0.3) is 5.91 Å². The van der Waals surface area contributed by atoms with Crippen molar-refractivity contribution in [1.82, 2.24) is 9.88 Å². The van der Waals surface area contributed by atoms with Gasteiger partial charge in [-0.2, -0.15) is 0 Å². The largest absolute Gasteiger partial charge is 0.493 e. The van der Waals surface area contributed by atoms with Gasteiger partial charge in [-0.1, -0.05) is 11.6 Å². The second-order valence-corrected chi connectivity index (χ2v) is 7.11. The summed E-state index contributed by atoms with van der Waals surface area (Å²) in [6.45, 7) is 0.937. The fourth-order valence-electron chi connectivity index (χ4n) is 3.58. The maximum atomic E-state index is 13.0. The summed E-state index contributed by atoms with van der Waals surface area (Å²) >= 11 is 5.97. The third kappa shape index (κ3) is 3.10.